The molecule has 3 aromatic carbocycles. The first-order valence-electron chi connectivity index (χ1n) is 16.0. The molecule has 0 nitrogen and oxygen atoms in total. The maximum Gasteiger partial charge on any atom is -1.00 e. The normalized spacial score (nSPS) is 16.3. The summed E-state index contributed by atoms with van der Waals surface area (Å²) in [5, 5.41) is 0. The van der Waals surface area contributed by atoms with Crippen molar-refractivity contribution in [3.05, 3.63) is 108 Å². The third-order valence-corrected chi connectivity index (χ3v) is 16.7. The Morgan fingerprint density at radius 1 is 0.750 bits per heavy atom. The molecule has 0 bridgehead atoms. The predicted octanol–water partition coefficient (Wildman–Crippen LogP) is 4.55. The van der Waals surface area contributed by atoms with Crippen LogP contribution in [0.3, 0.4) is 0 Å². The topological polar surface area (TPSA) is 0 Å². The van der Waals surface area contributed by atoms with E-state index >= 15 is 0 Å². The number of halogens is 2. The minimum absolute atomic E-state index is 0. The molecule has 44 heavy (non-hydrogen) atoms. The quantitative estimate of drug-likeness (QED) is 0.293. The molecule has 3 heteroatoms. The van der Waals surface area contributed by atoms with Crippen molar-refractivity contribution in [2.24, 2.45) is 11.3 Å². The van der Waals surface area contributed by atoms with Crippen molar-refractivity contribution < 1.29 is 46.1 Å². The first-order valence-corrected chi connectivity index (χ1v) is 19.9. The van der Waals surface area contributed by atoms with Crippen molar-refractivity contribution in [1.82, 2.24) is 0 Å². The summed E-state index contributed by atoms with van der Waals surface area (Å²) in [5.74, 6) is 0.496. The minimum Gasteiger partial charge on any atom is -1.00 e. The Bertz CT molecular complexity index is 1630. The Labute approximate surface area is 288 Å². The standard InChI is InChI=1S/C21H25.C12H19.C8H8.2ClH.Zr/c1-20(2,3)16-9-7-14-11-15-8-10-17(21(4,5)6)13-19(15)18(14)12-16;1-6-10-7-9(2)8-11(10)12(3,4)5;1-7-3-5-8(2)6-4-7;;;/h7,9-10,12-13H,11H2,1-6H3;8-9H,6H2,1-5H3;1,3-6H,2H3;2*1H;/q;;;;;+2/p-2. The minimum atomic E-state index is -2.57. The zero-order chi connectivity index (χ0) is 30.8. The van der Waals surface area contributed by atoms with Crippen LogP contribution in [0.2, 0.25) is 0 Å². The van der Waals surface area contributed by atoms with Gasteiger partial charge in [-0.2, -0.15) is 0 Å². The number of hydrogen-bond acceptors (Lipinski definition) is 0. The molecule has 0 spiro atoms. The molecule has 0 heterocycles. The molecular formula is C41H52Cl2Zr. The van der Waals surface area contributed by atoms with Crippen molar-refractivity contribution in [3.63, 3.8) is 0 Å². The zero-order valence-corrected chi connectivity index (χ0v) is 33.1. The van der Waals surface area contributed by atoms with Crippen LogP contribution in [0.4, 0.5) is 0 Å². The van der Waals surface area contributed by atoms with Crippen molar-refractivity contribution in [2.75, 3.05) is 0 Å². The van der Waals surface area contributed by atoms with Gasteiger partial charge in [0.05, 0.1) is 0 Å². The molecule has 0 aromatic heterocycles. The number of rotatable bonds is 4. The SMILES string of the molecule is CCC1=[C](/[Zr+2](=[CH]/c2ccc(C)cc2)[c]2cc(C(C)(C)C)cc3c2Cc2ccc(C(C)(C)C)cc2-3)C(C)C=C1C(C)(C)C.[Cl-].[Cl-]. The van der Waals surface area contributed by atoms with E-state index in [4.69, 9.17) is 0 Å². The Kier molecular flexibility index (Phi) is 11.2. The molecule has 0 saturated carbocycles. The van der Waals surface area contributed by atoms with Crippen molar-refractivity contribution in [2.45, 2.75) is 107 Å². The van der Waals surface area contributed by atoms with Gasteiger partial charge in [0.25, 0.3) is 0 Å². The zero-order valence-electron chi connectivity index (χ0n) is 29.1. The van der Waals surface area contributed by atoms with Gasteiger partial charge in [0.2, 0.25) is 0 Å². The fourth-order valence-electron chi connectivity index (χ4n) is 6.89. The van der Waals surface area contributed by atoms with Crippen molar-refractivity contribution in [1.29, 1.82) is 0 Å². The summed E-state index contributed by atoms with van der Waals surface area (Å²) in [6.45, 7) is 28.4. The van der Waals surface area contributed by atoms with E-state index in [9.17, 15) is 0 Å². The largest absolute Gasteiger partial charge is 1.00 e. The molecule has 234 valence electrons. The van der Waals surface area contributed by atoms with Crippen LogP contribution in [0.15, 0.2) is 75.1 Å². The second-order valence-electron chi connectivity index (χ2n) is 15.9. The molecule has 2 aliphatic rings. The van der Waals surface area contributed by atoms with E-state index in [0.29, 0.717) is 5.92 Å². The van der Waals surface area contributed by atoms with Gasteiger partial charge in [0.1, 0.15) is 0 Å². The van der Waals surface area contributed by atoms with Gasteiger partial charge in [-0.1, -0.05) is 0 Å². The van der Waals surface area contributed by atoms with Gasteiger partial charge in [0, 0.05) is 0 Å². The Morgan fingerprint density at radius 2 is 1.34 bits per heavy atom. The van der Waals surface area contributed by atoms with E-state index in [-0.39, 0.29) is 41.1 Å². The molecule has 0 amide bonds. The van der Waals surface area contributed by atoms with E-state index in [0.717, 1.165) is 12.8 Å². The molecule has 0 fully saturated rings. The fourth-order valence-corrected chi connectivity index (χ4v) is 14.7. The first-order chi connectivity index (χ1) is 19.5. The van der Waals surface area contributed by atoms with E-state index in [1.165, 1.54) is 38.9 Å². The summed E-state index contributed by atoms with van der Waals surface area (Å²) in [5.41, 5.74) is 15.4. The first kappa shape index (κ1) is 36.9. The van der Waals surface area contributed by atoms with Gasteiger partial charge in [-0.3, -0.25) is 0 Å². The second-order valence-corrected chi connectivity index (χ2v) is 21.3. The Morgan fingerprint density at radius 3 is 1.89 bits per heavy atom. The van der Waals surface area contributed by atoms with Gasteiger partial charge in [-0.05, 0) is 0 Å². The van der Waals surface area contributed by atoms with Crippen LogP contribution < -0.4 is 28.1 Å². The molecule has 0 radical (unpaired) electrons. The molecule has 2 aliphatic carbocycles. The van der Waals surface area contributed by atoms with Gasteiger partial charge in [-0.15, -0.1) is 0 Å². The van der Waals surface area contributed by atoms with Gasteiger partial charge < -0.3 is 24.8 Å². The van der Waals surface area contributed by atoms with Crippen LogP contribution in [0.25, 0.3) is 11.1 Å². The average Bonchev–Trinajstić information content (AvgIpc) is 3.44. The van der Waals surface area contributed by atoms with Crippen LogP contribution in [0, 0.1) is 18.3 Å². The maximum atomic E-state index is 2.77. The van der Waals surface area contributed by atoms with Gasteiger partial charge >= 0.3 is 266 Å². The Hall–Kier alpha value is -1.53. The summed E-state index contributed by atoms with van der Waals surface area (Å²) >= 11 is -2.57. The summed E-state index contributed by atoms with van der Waals surface area (Å²) in [7, 11) is 0. The maximum absolute atomic E-state index is 2.77. The van der Waals surface area contributed by atoms with Crippen LogP contribution in [0.1, 0.15) is 116 Å². The van der Waals surface area contributed by atoms with E-state index in [1.807, 2.05) is 0 Å². The number of allylic oxidation sites excluding steroid dienone is 4. The molecule has 0 aliphatic heterocycles. The van der Waals surface area contributed by atoms with Crippen LogP contribution in [0.5, 0.6) is 0 Å². The van der Waals surface area contributed by atoms with Crippen molar-refractivity contribution >= 4 is 6.98 Å². The van der Waals surface area contributed by atoms with E-state index < -0.39 is 21.3 Å². The summed E-state index contributed by atoms with van der Waals surface area (Å²) in [6.07, 6.45) is 4.80. The summed E-state index contributed by atoms with van der Waals surface area (Å²) in [4.78, 5) is 0. The molecule has 3 aromatic rings. The molecular weight excluding hydrogens is 655 g/mol. The Balaban J connectivity index is 0.00000264. The molecule has 0 N–H and O–H groups in total. The smallest absolute Gasteiger partial charge is 1.00 e. The molecule has 0 saturated heterocycles. The third kappa shape index (κ3) is 7.22. The second kappa shape index (κ2) is 13.3. The van der Waals surface area contributed by atoms with Gasteiger partial charge in [0.15, 0.2) is 0 Å². The van der Waals surface area contributed by atoms with E-state index in [2.05, 4.69) is 147 Å². The van der Waals surface area contributed by atoms with Crippen LogP contribution in [-0.4, -0.2) is 3.71 Å². The van der Waals surface area contributed by atoms with Crippen molar-refractivity contribution in [3.8, 4) is 11.1 Å². The summed E-state index contributed by atoms with van der Waals surface area (Å²) in [6, 6.07) is 21.8. The van der Waals surface area contributed by atoms with Crippen LogP contribution >= 0.6 is 0 Å². The predicted molar refractivity (Wildman–Crippen MR) is 182 cm³/mol. The number of aryl methyl sites for hydroxylation is 1. The molecule has 5 rings (SSSR count). The molecule has 1 atom stereocenters. The summed E-state index contributed by atoms with van der Waals surface area (Å²) < 4.78 is 6.27. The number of hydrogen-bond donors (Lipinski definition) is 0. The van der Waals surface area contributed by atoms with Gasteiger partial charge in [-0.25, -0.2) is 0 Å². The monoisotopic (exact) mass is 704 g/mol. The van der Waals surface area contributed by atoms with E-state index in [1.54, 1.807) is 23.3 Å². The average molecular weight is 707 g/mol. The number of benzene rings is 3. The fraction of sp³-hybridized carbons (Fsp3) is 0.439. The third-order valence-electron chi connectivity index (χ3n) is 9.40. The molecule has 1 unspecified atom stereocenters. The number of fused-ring (bicyclic) bond motifs is 3. The van der Waals surface area contributed by atoms with Crippen LogP contribution in [-0.2, 0) is 38.5 Å².